The fourth-order valence-electron chi connectivity index (χ4n) is 2.25. The summed E-state index contributed by atoms with van der Waals surface area (Å²) in [6, 6.07) is 8.58. The van der Waals surface area contributed by atoms with Crippen molar-refractivity contribution < 1.29 is 13.2 Å². The minimum absolute atomic E-state index is 0.188. The molecule has 1 unspecified atom stereocenters. The Morgan fingerprint density at radius 1 is 1.24 bits per heavy atom. The Morgan fingerprint density at radius 3 is 2.57 bits per heavy atom. The third-order valence-electron chi connectivity index (χ3n) is 3.28. The zero-order chi connectivity index (χ0) is 15.5. The topological polar surface area (TPSA) is 29.9 Å². The second-order valence-electron chi connectivity index (χ2n) is 4.76. The van der Waals surface area contributed by atoms with Gasteiger partial charge in [-0.1, -0.05) is 26.0 Å². The third kappa shape index (κ3) is 3.64. The van der Waals surface area contributed by atoms with E-state index in [9.17, 15) is 13.2 Å². The molecule has 0 fully saturated rings. The SMILES string of the molecule is CCNC(CC)c1cccc(-n2ccc(C(F)(F)F)n2)c1. The van der Waals surface area contributed by atoms with Gasteiger partial charge in [0.25, 0.3) is 0 Å². The molecule has 0 spiro atoms. The van der Waals surface area contributed by atoms with Gasteiger partial charge < -0.3 is 5.32 Å². The van der Waals surface area contributed by atoms with Crippen LogP contribution in [0.15, 0.2) is 36.5 Å². The van der Waals surface area contributed by atoms with E-state index in [1.54, 1.807) is 6.07 Å². The van der Waals surface area contributed by atoms with Crippen LogP contribution in [0.2, 0.25) is 0 Å². The highest BCUT2D eigenvalue weighted by atomic mass is 19.4. The summed E-state index contributed by atoms with van der Waals surface area (Å²) in [5.74, 6) is 0. The first kappa shape index (κ1) is 15.6. The van der Waals surface area contributed by atoms with Crippen LogP contribution in [0, 0.1) is 0 Å². The molecule has 0 aliphatic heterocycles. The summed E-state index contributed by atoms with van der Waals surface area (Å²) in [6.07, 6.45) is -2.18. The zero-order valence-electron chi connectivity index (χ0n) is 12.0. The van der Waals surface area contributed by atoms with Crippen molar-refractivity contribution in [2.75, 3.05) is 6.54 Å². The summed E-state index contributed by atoms with van der Waals surface area (Å²) in [5, 5.41) is 6.94. The number of alkyl halides is 3. The maximum absolute atomic E-state index is 12.6. The molecule has 1 aromatic carbocycles. The summed E-state index contributed by atoms with van der Waals surface area (Å²) in [4.78, 5) is 0. The average molecular weight is 297 g/mol. The second-order valence-corrected chi connectivity index (χ2v) is 4.76. The van der Waals surface area contributed by atoms with Crippen LogP contribution in [0.1, 0.15) is 37.6 Å². The van der Waals surface area contributed by atoms with E-state index in [2.05, 4.69) is 17.3 Å². The maximum atomic E-state index is 12.6. The third-order valence-corrected chi connectivity index (χ3v) is 3.28. The van der Waals surface area contributed by atoms with Crippen molar-refractivity contribution in [1.29, 1.82) is 0 Å². The quantitative estimate of drug-likeness (QED) is 0.905. The van der Waals surface area contributed by atoms with E-state index in [-0.39, 0.29) is 6.04 Å². The lowest BCUT2D eigenvalue weighted by molar-refractivity contribution is -0.141. The number of hydrogen-bond donors (Lipinski definition) is 1. The number of benzene rings is 1. The molecule has 0 aliphatic carbocycles. The van der Waals surface area contributed by atoms with Crippen molar-refractivity contribution in [3.8, 4) is 5.69 Å². The van der Waals surface area contributed by atoms with E-state index in [0.717, 1.165) is 24.6 Å². The van der Waals surface area contributed by atoms with Gasteiger partial charge >= 0.3 is 6.18 Å². The van der Waals surface area contributed by atoms with Gasteiger partial charge in [0.05, 0.1) is 5.69 Å². The van der Waals surface area contributed by atoms with Crippen LogP contribution in [0.5, 0.6) is 0 Å². The smallest absolute Gasteiger partial charge is 0.310 e. The molecule has 2 aromatic rings. The summed E-state index contributed by atoms with van der Waals surface area (Å²) in [5.41, 5.74) is 0.784. The van der Waals surface area contributed by atoms with Crippen LogP contribution in [-0.4, -0.2) is 16.3 Å². The monoisotopic (exact) mass is 297 g/mol. The predicted octanol–water partition coefficient (Wildman–Crippen LogP) is 3.95. The minimum atomic E-state index is -4.42. The molecule has 0 aliphatic rings. The van der Waals surface area contributed by atoms with Crippen molar-refractivity contribution in [1.82, 2.24) is 15.1 Å². The summed E-state index contributed by atoms with van der Waals surface area (Å²) >= 11 is 0. The van der Waals surface area contributed by atoms with Crippen molar-refractivity contribution in [2.45, 2.75) is 32.5 Å². The lowest BCUT2D eigenvalue weighted by Crippen LogP contribution is -2.20. The largest absolute Gasteiger partial charge is 0.435 e. The fourth-order valence-corrected chi connectivity index (χ4v) is 2.25. The van der Waals surface area contributed by atoms with Crippen LogP contribution in [0.4, 0.5) is 13.2 Å². The average Bonchev–Trinajstić information content (AvgIpc) is 2.95. The van der Waals surface area contributed by atoms with Gasteiger partial charge in [-0.25, -0.2) is 4.68 Å². The van der Waals surface area contributed by atoms with Crippen molar-refractivity contribution in [2.24, 2.45) is 0 Å². The van der Waals surface area contributed by atoms with Gasteiger partial charge in [-0.2, -0.15) is 18.3 Å². The highest BCUT2D eigenvalue weighted by molar-refractivity contribution is 5.37. The van der Waals surface area contributed by atoms with E-state index in [0.29, 0.717) is 5.69 Å². The maximum Gasteiger partial charge on any atom is 0.435 e. The van der Waals surface area contributed by atoms with Gasteiger partial charge in [0.15, 0.2) is 5.69 Å². The summed E-state index contributed by atoms with van der Waals surface area (Å²) < 4.78 is 39.0. The van der Waals surface area contributed by atoms with Crippen LogP contribution in [0.3, 0.4) is 0 Å². The molecule has 2 rings (SSSR count). The molecule has 6 heteroatoms. The first-order valence-corrected chi connectivity index (χ1v) is 6.92. The Balaban J connectivity index is 2.30. The standard InChI is InChI=1S/C15H18F3N3/c1-3-13(19-4-2)11-6-5-7-12(10-11)21-9-8-14(20-21)15(16,17)18/h5-10,13,19H,3-4H2,1-2H3. The molecule has 3 nitrogen and oxygen atoms in total. The number of nitrogens with zero attached hydrogens (tertiary/aromatic N) is 2. The molecule has 1 aromatic heterocycles. The predicted molar refractivity (Wildman–Crippen MR) is 75.3 cm³/mol. The highest BCUT2D eigenvalue weighted by Gasteiger charge is 2.33. The van der Waals surface area contributed by atoms with Gasteiger partial charge in [0, 0.05) is 12.2 Å². The van der Waals surface area contributed by atoms with Crippen molar-refractivity contribution in [3.05, 3.63) is 47.8 Å². The Bertz CT molecular complexity index is 590. The van der Waals surface area contributed by atoms with E-state index < -0.39 is 11.9 Å². The normalized spacial score (nSPS) is 13.4. The Kier molecular flexibility index (Phi) is 4.67. The van der Waals surface area contributed by atoms with Gasteiger partial charge in [0.1, 0.15) is 0 Å². The molecule has 1 N–H and O–H groups in total. The van der Waals surface area contributed by atoms with Gasteiger partial charge in [-0.3, -0.25) is 0 Å². The molecule has 1 atom stereocenters. The molecule has 21 heavy (non-hydrogen) atoms. The van der Waals surface area contributed by atoms with E-state index in [4.69, 9.17) is 0 Å². The highest BCUT2D eigenvalue weighted by Crippen LogP contribution is 2.28. The van der Waals surface area contributed by atoms with Gasteiger partial charge in [-0.15, -0.1) is 0 Å². The molecule has 0 radical (unpaired) electrons. The zero-order valence-corrected chi connectivity index (χ0v) is 12.0. The summed E-state index contributed by atoms with van der Waals surface area (Å²) in [6.45, 7) is 4.92. The summed E-state index contributed by atoms with van der Waals surface area (Å²) in [7, 11) is 0. The van der Waals surface area contributed by atoms with E-state index in [1.165, 1.54) is 10.9 Å². The molecule has 0 bridgehead atoms. The lowest BCUT2D eigenvalue weighted by Gasteiger charge is -2.17. The van der Waals surface area contributed by atoms with Crippen LogP contribution in [0.25, 0.3) is 5.69 Å². The van der Waals surface area contributed by atoms with E-state index >= 15 is 0 Å². The Hall–Kier alpha value is -1.82. The Morgan fingerprint density at radius 2 is 2.00 bits per heavy atom. The second kappa shape index (κ2) is 6.30. The molecule has 1 heterocycles. The minimum Gasteiger partial charge on any atom is -0.310 e. The Labute approximate surface area is 121 Å². The van der Waals surface area contributed by atoms with Crippen LogP contribution >= 0.6 is 0 Å². The van der Waals surface area contributed by atoms with Crippen LogP contribution in [-0.2, 0) is 6.18 Å². The van der Waals surface area contributed by atoms with Crippen molar-refractivity contribution in [3.63, 3.8) is 0 Å². The van der Waals surface area contributed by atoms with Crippen molar-refractivity contribution >= 4 is 0 Å². The molecule has 0 saturated heterocycles. The lowest BCUT2D eigenvalue weighted by atomic mass is 10.0. The van der Waals surface area contributed by atoms with E-state index in [1.807, 2.05) is 25.1 Å². The number of nitrogens with one attached hydrogen (secondary N) is 1. The molecular formula is C15H18F3N3. The first-order chi connectivity index (χ1) is 9.95. The first-order valence-electron chi connectivity index (χ1n) is 6.92. The molecule has 0 saturated carbocycles. The van der Waals surface area contributed by atoms with Gasteiger partial charge in [0.2, 0.25) is 0 Å². The molecular weight excluding hydrogens is 279 g/mol. The molecule has 114 valence electrons. The number of halogens is 3. The fraction of sp³-hybridized carbons (Fsp3) is 0.400. The molecule has 0 amide bonds. The number of hydrogen-bond acceptors (Lipinski definition) is 2. The number of aromatic nitrogens is 2. The van der Waals surface area contributed by atoms with Gasteiger partial charge in [-0.05, 0) is 36.7 Å². The number of rotatable bonds is 5. The van der Waals surface area contributed by atoms with Crippen LogP contribution < -0.4 is 5.32 Å².